The second-order valence-electron chi connectivity index (χ2n) is 5.06. The van der Waals surface area contributed by atoms with E-state index in [9.17, 15) is 4.39 Å². The molecule has 130 valence electrons. The Bertz CT molecular complexity index is 822. The van der Waals surface area contributed by atoms with Gasteiger partial charge in [-0.05, 0) is 48.5 Å². The van der Waals surface area contributed by atoms with Gasteiger partial charge in [-0.15, -0.1) is 10.2 Å². The van der Waals surface area contributed by atoms with Crippen molar-refractivity contribution in [1.29, 1.82) is 0 Å². The summed E-state index contributed by atoms with van der Waals surface area (Å²) < 4.78 is 25.1. The van der Waals surface area contributed by atoms with E-state index in [-0.39, 0.29) is 5.82 Å². The number of hydrogen-bond acceptors (Lipinski definition) is 6. The third-order valence-electron chi connectivity index (χ3n) is 3.41. The van der Waals surface area contributed by atoms with Crippen LogP contribution in [0.1, 0.15) is 0 Å². The average molecular weight is 360 g/mol. The van der Waals surface area contributed by atoms with Crippen molar-refractivity contribution in [3.8, 4) is 22.9 Å². The Hall–Kier alpha value is -2.74. The summed E-state index contributed by atoms with van der Waals surface area (Å²) in [5.74, 6) is 8.41. The van der Waals surface area contributed by atoms with Crippen LogP contribution in [-0.4, -0.2) is 34.3 Å². The summed E-state index contributed by atoms with van der Waals surface area (Å²) in [6.07, 6.45) is 0. The van der Waals surface area contributed by atoms with Crippen molar-refractivity contribution >= 4 is 11.8 Å². The van der Waals surface area contributed by atoms with E-state index in [0.29, 0.717) is 28.9 Å². The van der Waals surface area contributed by atoms with Gasteiger partial charge in [0.25, 0.3) is 0 Å². The highest BCUT2D eigenvalue weighted by Crippen LogP contribution is 2.22. The lowest BCUT2D eigenvalue weighted by atomic mass is 10.2. The normalized spacial score (nSPS) is 10.6. The molecule has 1 aromatic heterocycles. The van der Waals surface area contributed by atoms with Crippen LogP contribution in [0.4, 0.5) is 4.39 Å². The third-order valence-corrected chi connectivity index (χ3v) is 4.32. The van der Waals surface area contributed by atoms with Gasteiger partial charge in [0.15, 0.2) is 5.82 Å². The summed E-state index contributed by atoms with van der Waals surface area (Å²) in [5.41, 5.74) is 0.706. The number of benzene rings is 2. The highest BCUT2D eigenvalue weighted by Gasteiger charge is 2.12. The molecule has 25 heavy (non-hydrogen) atoms. The van der Waals surface area contributed by atoms with Crippen LogP contribution in [0.2, 0.25) is 0 Å². The first-order valence-corrected chi connectivity index (χ1v) is 8.52. The van der Waals surface area contributed by atoms with E-state index in [0.717, 1.165) is 11.5 Å². The summed E-state index contributed by atoms with van der Waals surface area (Å²) in [7, 11) is 1.62. The average Bonchev–Trinajstić information content (AvgIpc) is 3.01. The number of nitrogens with zero attached hydrogens (tertiary/aromatic N) is 3. The van der Waals surface area contributed by atoms with Gasteiger partial charge in [0.05, 0.1) is 13.7 Å². The summed E-state index contributed by atoms with van der Waals surface area (Å²) in [6, 6.07) is 13.3. The van der Waals surface area contributed by atoms with Crippen LogP contribution in [0.3, 0.4) is 0 Å². The Balaban J connectivity index is 1.54. The minimum absolute atomic E-state index is 0.308. The lowest BCUT2D eigenvalue weighted by Crippen LogP contribution is -2.12. The van der Waals surface area contributed by atoms with Crippen LogP contribution >= 0.6 is 11.8 Å². The fraction of sp³-hybridized carbons (Fsp3) is 0.176. The zero-order valence-electron chi connectivity index (χ0n) is 13.6. The summed E-state index contributed by atoms with van der Waals surface area (Å²) in [4.78, 5) is 0. The Morgan fingerprint density at radius 1 is 1.04 bits per heavy atom. The smallest absolute Gasteiger partial charge is 0.210 e. The van der Waals surface area contributed by atoms with Crippen molar-refractivity contribution in [2.45, 2.75) is 5.16 Å². The molecule has 0 saturated carbocycles. The standard InChI is InChI=1S/C17H17FN4O2S/c1-23-14-6-8-15(9-7-14)24-10-11-25-17-21-20-16(22(17)19)12-2-4-13(18)5-3-12/h2-9H,10-11,19H2,1H3. The van der Waals surface area contributed by atoms with Crippen molar-refractivity contribution < 1.29 is 13.9 Å². The Morgan fingerprint density at radius 2 is 1.72 bits per heavy atom. The molecule has 0 amide bonds. The van der Waals surface area contributed by atoms with Gasteiger partial charge in [-0.25, -0.2) is 9.07 Å². The summed E-state index contributed by atoms with van der Waals surface area (Å²) in [6.45, 7) is 0.496. The van der Waals surface area contributed by atoms with Gasteiger partial charge in [0.2, 0.25) is 5.16 Å². The number of aromatic nitrogens is 3. The lowest BCUT2D eigenvalue weighted by molar-refractivity contribution is 0.342. The predicted octanol–water partition coefficient (Wildman–Crippen LogP) is 2.98. The maximum Gasteiger partial charge on any atom is 0.210 e. The molecule has 8 heteroatoms. The number of methoxy groups -OCH3 is 1. The maximum absolute atomic E-state index is 13.0. The zero-order valence-corrected chi connectivity index (χ0v) is 14.4. The number of nitrogens with two attached hydrogens (primary N) is 1. The lowest BCUT2D eigenvalue weighted by Gasteiger charge is -2.07. The quantitative estimate of drug-likeness (QED) is 0.397. The van der Waals surface area contributed by atoms with Crippen molar-refractivity contribution in [1.82, 2.24) is 14.9 Å². The van der Waals surface area contributed by atoms with Gasteiger partial charge < -0.3 is 15.3 Å². The van der Waals surface area contributed by atoms with Crippen molar-refractivity contribution in [3.63, 3.8) is 0 Å². The molecule has 0 unspecified atom stereocenters. The monoisotopic (exact) mass is 360 g/mol. The van der Waals surface area contributed by atoms with Crippen LogP contribution in [-0.2, 0) is 0 Å². The second kappa shape index (κ2) is 7.89. The number of hydrogen-bond donors (Lipinski definition) is 1. The van der Waals surface area contributed by atoms with Crippen LogP contribution < -0.4 is 15.3 Å². The van der Waals surface area contributed by atoms with Gasteiger partial charge in [-0.3, -0.25) is 0 Å². The van der Waals surface area contributed by atoms with Gasteiger partial charge in [-0.2, -0.15) is 0 Å². The summed E-state index contributed by atoms with van der Waals surface area (Å²) in [5, 5.41) is 8.70. The van der Waals surface area contributed by atoms with Crippen molar-refractivity contribution in [3.05, 3.63) is 54.3 Å². The second-order valence-corrected chi connectivity index (χ2v) is 6.12. The Kier molecular flexibility index (Phi) is 5.39. The first-order chi connectivity index (χ1) is 12.2. The molecule has 1 heterocycles. The van der Waals surface area contributed by atoms with E-state index in [1.165, 1.54) is 28.6 Å². The molecule has 6 nitrogen and oxygen atoms in total. The number of thioether (sulfide) groups is 1. The number of ether oxygens (including phenoxy) is 2. The number of rotatable bonds is 7. The molecule has 0 saturated heterocycles. The first-order valence-electron chi connectivity index (χ1n) is 7.53. The molecule has 0 bridgehead atoms. The molecule has 0 spiro atoms. The molecule has 0 atom stereocenters. The van der Waals surface area contributed by atoms with E-state index in [1.807, 2.05) is 24.3 Å². The highest BCUT2D eigenvalue weighted by molar-refractivity contribution is 7.99. The van der Waals surface area contributed by atoms with Gasteiger partial charge in [0, 0.05) is 11.3 Å². The Labute approximate surface area is 148 Å². The minimum Gasteiger partial charge on any atom is -0.497 e. The number of nitrogen functional groups attached to an aromatic ring is 1. The SMILES string of the molecule is COc1ccc(OCCSc2nnc(-c3ccc(F)cc3)n2N)cc1. The molecule has 3 rings (SSSR count). The molecule has 2 N–H and O–H groups in total. The van der Waals surface area contributed by atoms with E-state index in [2.05, 4.69) is 10.2 Å². The molecule has 0 radical (unpaired) electrons. The summed E-state index contributed by atoms with van der Waals surface area (Å²) >= 11 is 1.43. The van der Waals surface area contributed by atoms with Crippen molar-refractivity contribution in [2.24, 2.45) is 0 Å². The van der Waals surface area contributed by atoms with Gasteiger partial charge in [-0.1, -0.05) is 11.8 Å². The molecular weight excluding hydrogens is 343 g/mol. The number of halogens is 1. The van der Waals surface area contributed by atoms with Crippen LogP contribution in [0, 0.1) is 5.82 Å². The predicted molar refractivity (Wildman–Crippen MR) is 94.8 cm³/mol. The van der Waals surface area contributed by atoms with E-state index < -0.39 is 0 Å². The maximum atomic E-state index is 13.0. The molecule has 0 aliphatic carbocycles. The van der Waals surface area contributed by atoms with Crippen LogP contribution in [0.5, 0.6) is 11.5 Å². The molecule has 0 fully saturated rings. The van der Waals surface area contributed by atoms with E-state index in [1.54, 1.807) is 19.2 Å². The minimum atomic E-state index is -0.308. The molecular formula is C17H17FN4O2S. The van der Waals surface area contributed by atoms with Crippen LogP contribution in [0.15, 0.2) is 53.7 Å². The van der Waals surface area contributed by atoms with Gasteiger partial charge in [0.1, 0.15) is 17.3 Å². The van der Waals surface area contributed by atoms with E-state index in [4.69, 9.17) is 15.3 Å². The molecule has 3 aromatic rings. The fourth-order valence-electron chi connectivity index (χ4n) is 2.14. The fourth-order valence-corrected chi connectivity index (χ4v) is 2.81. The largest absolute Gasteiger partial charge is 0.497 e. The Morgan fingerprint density at radius 3 is 2.40 bits per heavy atom. The molecule has 0 aliphatic rings. The van der Waals surface area contributed by atoms with Crippen LogP contribution in [0.25, 0.3) is 11.4 Å². The zero-order chi connectivity index (χ0) is 17.6. The van der Waals surface area contributed by atoms with Gasteiger partial charge >= 0.3 is 0 Å². The topological polar surface area (TPSA) is 75.2 Å². The molecule has 0 aliphatic heterocycles. The van der Waals surface area contributed by atoms with Crippen molar-refractivity contribution in [2.75, 3.05) is 25.3 Å². The molecule has 2 aromatic carbocycles. The van der Waals surface area contributed by atoms with E-state index >= 15 is 0 Å². The third kappa shape index (κ3) is 4.21. The first kappa shape index (κ1) is 17.1. The highest BCUT2D eigenvalue weighted by atomic mass is 32.2.